The van der Waals surface area contributed by atoms with Gasteiger partial charge in [-0.15, -0.1) is 11.3 Å². The molecule has 0 bridgehead atoms. The zero-order valence-corrected chi connectivity index (χ0v) is 15.2. The minimum Gasteiger partial charge on any atom is -0.390 e. The van der Waals surface area contributed by atoms with Crippen LogP contribution in [-0.4, -0.2) is 28.5 Å². The molecule has 1 fully saturated rings. The van der Waals surface area contributed by atoms with Gasteiger partial charge in [0.25, 0.3) is 0 Å². The Morgan fingerprint density at radius 3 is 2.73 bits per heavy atom. The van der Waals surface area contributed by atoms with E-state index in [1.807, 2.05) is 12.1 Å². The van der Waals surface area contributed by atoms with Gasteiger partial charge in [0.2, 0.25) is 0 Å². The van der Waals surface area contributed by atoms with Crippen LogP contribution in [0.2, 0.25) is 0 Å². The van der Waals surface area contributed by atoms with Gasteiger partial charge < -0.3 is 14.9 Å². The predicted molar refractivity (Wildman–Crippen MR) is 101 cm³/mol. The van der Waals surface area contributed by atoms with E-state index < -0.39 is 18.3 Å². The molecule has 2 heterocycles. The second-order valence-electron chi connectivity index (χ2n) is 6.91. The van der Waals surface area contributed by atoms with E-state index in [0.717, 1.165) is 15.8 Å². The van der Waals surface area contributed by atoms with Crippen molar-refractivity contribution in [3.8, 4) is 0 Å². The van der Waals surface area contributed by atoms with Gasteiger partial charge in [-0.25, -0.2) is 4.39 Å². The van der Waals surface area contributed by atoms with Crippen molar-refractivity contribution in [1.29, 1.82) is 0 Å². The number of ether oxygens (including phenoxy) is 1. The smallest absolute Gasteiger partial charge is 0.126 e. The normalized spacial score (nSPS) is 26.3. The van der Waals surface area contributed by atoms with Crippen molar-refractivity contribution in [2.45, 2.75) is 44.2 Å². The number of rotatable bonds is 3. The molecule has 4 atom stereocenters. The highest BCUT2D eigenvalue weighted by Crippen LogP contribution is 2.34. The monoisotopic (exact) mass is 372 g/mol. The van der Waals surface area contributed by atoms with E-state index >= 15 is 0 Å². The van der Waals surface area contributed by atoms with Crippen molar-refractivity contribution in [2.75, 3.05) is 0 Å². The number of aliphatic hydroxyl groups is 2. The lowest BCUT2D eigenvalue weighted by Crippen LogP contribution is -2.41. The number of thiophene rings is 1. The van der Waals surface area contributed by atoms with E-state index in [-0.39, 0.29) is 18.3 Å². The van der Waals surface area contributed by atoms with Gasteiger partial charge in [0.05, 0.1) is 18.3 Å². The Hall–Kier alpha value is -1.79. The predicted octanol–water partition coefficient (Wildman–Crippen LogP) is 4.20. The summed E-state index contributed by atoms with van der Waals surface area (Å²) in [6.07, 6.45) is -1.63. The summed E-state index contributed by atoms with van der Waals surface area (Å²) in [5.41, 5.74) is 1.33. The summed E-state index contributed by atoms with van der Waals surface area (Å²) in [6, 6.07) is 15.1. The first-order valence-electron chi connectivity index (χ1n) is 8.78. The van der Waals surface area contributed by atoms with Crippen LogP contribution < -0.4 is 0 Å². The summed E-state index contributed by atoms with van der Waals surface area (Å²) in [5.74, 6) is -0.260. The molecule has 0 saturated carbocycles. The Kier molecular flexibility index (Phi) is 4.80. The number of hydrogen-bond donors (Lipinski definition) is 2. The lowest BCUT2D eigenvalue weighted by atomic mass is 9.93. The van der Waals surface area contributed by atoms with Crippen LogP contribution in [0.1, 0.15) is 35.5 Å². The van der Waals surface area contributed by atoms with Crippen LogP contribution in [0.15, 0.2) is 48.5 Å². The topological polar surface area (TPSA) is 49.7 Å². The molecule has 4 rings (SSSR count). The highest BCUT2D eigenvalue weighted by atomic mass is 32.1. The minimum absolute atomic E-state index is 0.259. The van der Waals surface area contributed by atoms with E-state index in [1.54, 1.807) is 30.4 Å². The Labute approximate surface area is 155 Å². The second-order valence-corrected chi connectivity index (χ2v) is 8.08. The number of halogens is 1. The molecular formula is C21H21FO3S. The van der Waals surface area contributed by atoms with Crippen LogP contribution in [0.4, 0.5) is 4.39 Å². The van der Waals surface area contributed by atoms with Crippen molar-refractivity contribution >= 4 is 21.4 Å². The van der Waals surface area contributed by atoms with Crippen molar-refractivity contribution in [2.24, 2.45) is 0 Å². The average molecular weight is 372 g/mol. The van der Waals surface area contributed by atoms with Gasteiger partial charge in [0.15, 0.2) is 0 Å². The maximum absolute atomic E-state index is 14.4. The summed E-state index contributed by atoms with van der Waals surface area (Å²) < 4.78 is 21.3. The Bertz CT molecular complexity index is 890. The maximum atomic E-state index is 14.4. The van der Waals surface area contributed by atoms with Crippen LogP contribution in [0.3, 0.4) is 0 Å². The van der Waals surface area contributed by atoms with Gasteiger partial charge >= 0.3 is 0 Å². The van der Waals surface area contributed by atoms with Gasteiger partial charge in [0, 0.05) is 22.4 Å². The van der Waals surface area contributed by atoms with E-state index in [4.69, 9.17) is 4.74 Å². The molecule has 3 aromatic rings. The average Bonchev–Trinajstić information content (AvgIpc) is 3.02. The minimum atomic E-state index is -0.802. The Balaban J connectivity index is 1.62. The molecular weight excluding hydrogens is 351 g/mol. The third-order valence-electron chi connectivity index (χ3n) is 4.98. The summed E-state index contributed by atoms with van der Waals surface area (Å²) >= 11 is 1.66. The molecule has 5 heteroatoms. The largest absolute Gasteiger partial charge is 0.390 e. The van der Waals surface area contributed by atoms with Crippen molar-refractivity contribution in [3.63, 3.8) is 0 Å². The second kappa shape index (κ2) is 7.08. The molecule has 1 aliphatic heterocycles. The first-order valence-corrected chi connectivity index (χ1v) is 9.60. The van der Waals surface area contributed by atoms with Crippen LogP contribution in [0.25, 0.3) is 10.1 Å². The molecule has 0 unspecified atom stereocenters. The van der Waals surface area contributed by atoms with Gasteiger partial charge in [0.1, 0.15) is 11.9 Å². The van der Waals surface area contributed by atoms with Crippen LogP contribution >= 0.6 is 11.3 Å². The molecule has 0 aliphatic carbocycles. The lowest BCUT2D eigenvalue weighted by Gasteiger charge is -2.36. The fourth-order valence-corrected chi connectivity index (χ4v) is 4.58. The summed E-state index contributed by atoms with van der Waals surface area (Å²) in [7, 11) is 0. The number of aliphatic hydroxyl groups excluding tert-OH is 2. The third-order valence-corrected chi connectivity index (χ3v) is 6.09. The molecule has 26 heavy (non-hydrogen) atoms. The SMILES string of the molecule is C[C@H]1O[C@@H](c2ccc(F)c(Cc3cc4ccccc4s3)c2)[C@H](O)C[C@@H]1O. The van der Waals surface area contributed by atoms with E-state index in [2.05, 4.69) is 18.2 Å². The fraction of sp³-hybridized carbons (Fsp3) is 0.333. The van der Waals surface area contributed by atoms with E-state index in [9.17, 15) is 14.6 Å². The first-order chi connectivity index (χ1) is 12.5. The first kappa shape index (κ1) is 17.6. The molecule has 0 radical (unpaired) electrons. The van der Waals surface area contributed by atoms with Gasteiger partial charge in [-0.3, -0.25) is 0 Å². The standard InChI is InChI=1S/C21H21FO3S/c1-12-18(23)11-19(24)21(25-12)14-6-7-17(22)15(8-14)10-16-9-13-4-2-3-5-20(13)26-16/h2-9,12,18-19,21,23-24H,10-11H2,1H3/t12-,18+,19-,21+/m1/s1. The highest BCUT2D eigenvalue weighted by molar-refractivity contribution is 7.19. The summed E-state index contributed by atoms with van der Waals surface area (Å²) in [5, 5.41) is 21.3. The maximum Gasteiger partial charge on any atom is 0.126 e. The molecule has 0 spiro atoms. The molecule has 2 N–H and O–H groups in total. The molecule has 136 valence electrons. The van der Waals surface area contributed by atoms with Crippen molar-refractivity contribution in [1.82, 2.24) is 0 Å². The van der Waals surface area contributed by atoms with Crippen molar-refractivity contribution < 1.29 is 19.3 Å². The lowest BCUT2D eigenvalue weighted by molar-refractivity contribution is -0.164. The Morgan fingerprint density at radius 1 is 1.12 bits per heavy atom. The quantitative estimate of drug-likeness (QED) is 0.724. The number of benzene rings is 2. The van der Waals surface area contributed by atoms with Gasteiger partial charge in [-0.1, -0.05) is 24.3 Å². The van der Waals surface area contributed by atoms with Gasteiger partial charge in [-0.2, -0.15) is 0 Å². The van der Waals surface area contributed by atoms with Gasteiger partial charge in [-0.05, 0) is 47.7 Å². The molecule has 1 aromatic heterocycles. The molecule has 3 nitrogen and oxygen atoms in total. The van der Waals surface area contributed by atoms with E-state index in [0.29, 0.717) is 12.0 Å². The number of hydrogen-bond acceptors (Lipinski definition) is 4. The molecule has 1 aliphatic rings. The van der Waals surface area contributed by atoms with Crippen molar-refractivity contribution in [3.05, 3.63) is 70.4 Å². The summed E-state index contributed by atoms with van der Waals surface area (Å²) in [6.45, 7) is 1.78. The fourth-order valence-electron chi connectivity index (χ4n) is 3.49. The highest BCUT2D eigenvalue weighted by Gasteiger charge is 2.35. The zero-order chi connectivity index (χ0) is 18.3. The third kappa shape index (κ3) is 3.40. The number of fused-ring (bicyclic) bond motifs is 1. The zero-order valence-electron chi connectivity index (χ0n) is 14.4. The molecule has 0 amide bonds. The molecule has 1 saturated heterocycles. The Morgan fingerprint density at radius 2 is 1.92 bits per heavy atom. The van der Waals surface area contributed by atoms with Crippen LogP contribution in [-0.2, 0) is 11.2 Å². The van der Waals surface area contributed by atoms with E-state index in [1.165, 1.54) is 10.8 Å². The van der Waals surface area contributed by atoms with Crippen LogP contribution in [0, 0.1) is 5.82 Å². The van der Waals surface area contributed by atoms with Crippen LogP contribution in [0.5, 0.6) is 0 Å². The summed E-state index contributed by atoms with van der Waals surface area (Å²) in [4.78, 5) is 1.09. The molecule has 2 aromatic carbocycles.